The molecule has 0 fully saturated rings. The summed E-state index contributed by atoms with van der Waals surface area (Å²) in [7, 11) is 0. The molecule has 2 aromatic rings. The van der Waals surface area contributed by atoms with E-state index in [4.69, 9.17) is 11.2 Å². The van der Waals surface area contributed by atoms with Crippen LogP contribution in [0.3, 0.4) is 0 Å². The monoisotopic (exact) mass is 320 g/mol. The highest BCUT2D eigenvalue weighted by Gasteiger charge is 2.37. The lowest BCUT2D eigenvalue weighted by atomic mass is 9.80. The standard InChI is InChI=1S/C21H20O3/c1-4-17(18-14-10-9-11-15(18)3)19(21(23)24-5-2)20(22)16-12-7-6-8-13-16/h1,6-14,17,19H,5H2,2-3H3/t17-,19-/m1/s1. The Kier molecular flexibility index (Phi) is 5.92. The molecule has 0 saturated carbocycles. The summed E-state index contributed by atoms with van der Waals surface area (Å²) in [6.07, 6.45) is 5.71. The van der Waals surface area contributed by atoms with Gasteiger partial charge in [0, 0.05) is 5.56 Å². The molecule has 0 heterocycles. The minimum atomic E-state index is -1.06. The first-order chi connectivity index (χ1) is 11.6. The molecule has 122 valence electrons. The summed E-state index contributed by atoms with van der Waals surface area (Å²) in [4.78, 5) is 25.5. The Morgan fingerprint density at radius 1 is 1.08 bits per heavy atom. The largest absolute Gasteiger partial charge is 0.465 e. The van der Waals surface area contributed by atoms with Crippen molar-refractivity contribution in [1.29, 1.82) is 0 Å². The maximum absolute atomic E-state index is 12.9. The first kappa shape index (κ1) is 17.5. The van der Waals surface area contributed by atoms with Gasteiger partial charge in [-0.2, -0.15) is 0 Å². The van der Waals surface area contributed by atoms with Gasteiger partial charge in [-0.15, -0.1) is 6.42 Å². The third-order valence-electron chi connectivity index (χ3n) is 3.92. The summed E-state index contributed by atoms with van der Waals surface area (Å²) in [5, 5.41) is 0. The number of terminal acetylenes is 1. The van der Waals surface area contributed by atoms with Gasteiger partial charge < -0.3 is 4.74 Å². The fourth-order valence-corrected chi connectivity index (χ4v) is 2.71. The lowest BCUT2D eigenvalue weighted by Crippen LogP contribution is -2.32. The maximum Gasteiger partial charge on any atom is 0.318 e. The van der Waals surface area contributed by atoms with Crippen LogP contribution in [-0.2, 0) is 9.53 Å². The molecule has 3 nitrogen and oxygen atoms in total. The smallest absolute Gasteiger partial charge is 0.318 e. The molecule has 2 rings (SSSR count). The SMILES string of the molecule is C#C[C@H](c1ccccc1C)[C@@H](C(=O)OCC)C(=O)c1ccccc1. The quantitative estimate of drug-likeness (QED) is 0.352. The molecule has 0 aliphatic carbocycles. The number of carbonyl (C=O) groups excluding carboxylic acids is 2. The number of ether oxygens (including phenoxy) is 1. The van der Waals surface area contributed by atoms with E-state index < -0.39 is 17.8 Å². The molecule has 0 amide bonds. The molecule has 2 atom stereocenters. The second-order valence-corrected chi connectivity index (χ2v) is 5.46. The zero-order valence-electron chi connectivity index (χ0n) is 13.9. The van der Waals surface area contributed by atoms with E-state index >= 15 is 0 Å². The predicted octanol–water partition coefficient (Wildman–Crippen LogP) is 3.77. The minimum absolute atomic E-state index is 0.197. The van der Waals surface area contributed by atoms with Crippen molar-refractivity contribution < 1.29 is 14.3 Å². The molecule has 0 aliphatic rings. The molecule has 0 aliphatic heterocycles. The molecule has 0 unspecified atom stereocenters. The highest BCUT2D eigenvalue weighted by Crippen LogP contribution is 2.30. The third-order valence-corrected chi connectivity index (χ3v) is 3.92. The van der Waals surface area contributed by atoms with Crippen LogP contribution >= 0.6 is 0 Å². The molecular formula is C21H20O3. The lowest BCUT2D eigenvalue weighted by Gasteiger charge is -2.22. The van der Waals surface area contributed by atoms with Crippen LogP contribution in [0.15, 0.2) is 54.6 Å². The van der Waals surface area contributed by atoms with Crippen molar-refractivity contribution in [3.05, 3.63) is 71.3 Å². The molecule has 0 radical (unpaired) electrons. The molecule has 3 heteroatoms. The van der Waals surface area contributed by atoms with Gasteiger partial charge in [0.15, 0.2) is 5.78 Å². The molecule has 0 bridgehead atoms. The van der Waals surface area contributed by atoms with Crippen LogP contribution in [0.2, 0.25) is 0 Å². The Balaban J connectivity index is 2.49. The Morgan fingerprint density at radius 2 is 1.71 bits per heavy atom. The van der Waals surface area contributed by atoms with Gasteiger partial charge in [0.25, 0.3) is 0 Å². The number of esters is 1. The highest BCUT2D eigenvalue weighted by atomic mass is 16.5. The molecule has 0 N–H and O–H groups in total. The zero-order chi connectivity index (χ0) is 17.5. The fourth-order valence-electron chi connectivity index (χ4n) is 2.71. The summed E-state index contributed by atoms with van der Waals surface area (Å²) in [5.74, 6) is -0.00276. The van der Waals surface area contributed by atoms with Gasteiger partial charge in [-0.1, -0.05) is 60.5 Å². The van der Waals surface area contributed by atoms with Crippen molar-refractivity contribution in [2.45, 2.75) is 19.8 Å². The molecule has 0 spiro atoms. The maximum atomic E-state index is 12.9. The lowest BCUT2D eigenvalue weighted by molar-refractivity contribution is -0.146. The van der Waals surface area contributed by atoms with E-state index in [1.54, 1.807) is 31.2 Å². The van der Waals surface area contributed by atoms with Crippen molar-refractivity contribution in [2.24, 2.45) is 5.92 Å². The number of benzene rings is 2. The first-order valence-corrected chi connectivity index (χ1v) is 7.87. The average molecular weight is 320 g/mol. The van der Waals surface area contributed by atoms with E-state index in [9.17, 15) is 9.59 Å². The van der Waals surface area contributed by atoms with E-state index in [0.29, 0.717) is 5.56 Å². The van der Waals surface area contributed by atoms with Gasteiger partial charge in [0.1, 0.15) is 5.92 Å². The number of hydrogen-bond acceptors (Lipinski definition) is 3. The van der Waals surface area contributed by atoms with Crippen molar-refractivity contribution in [1.82, 2.24) is 0 Å². The second-order valence-electron chi connectivity index (χ2n) is 5.46. The van der Waals surface area contributed by atoms with E-state index in [1.807, 2.05) is 37.3 Å². The average Bonchev–Trinajstić information content (AvgIpc) is 2.61. The predicted molar refractivity (Wildman–Crippen MR) is 93.6 cm³/mol. The van der Waals surface area contributed by atoms with Crippen LogP contribution in [0.25, 0.3) is 0 Å². The Morgan fingerprint density at radius 3 is 2.29 bits per heavy atom. The van der Waals surface area contributed by atoms with Gasteiger partial charge in [0.2, 0.25) is 0 Å². The summed E-state index contributed by atoms with van der Waals surface area (Å²) in [6.45, 7) is 3.82. The summed E-state index contributed by atoms with van der Waals surface area (Å²) >= 11 is 0. The van der Waals surface area contributed by atoms with Gasteiger partial charge in [-0.25, -0.2) is 0 Å². The van der Waals surface area contributed by atoms with Crippen LogP contribution in [0.1, 0.15) is 34.3 Å². The third kappa shape index (κ3) is 3.72. The first-order valence-electron chi connectivity index (χ1n) is 7.87. The molecule has 2 aromatic carbocycles. The number of aryl methyl sites for hydroxylation is 1. The number of ketones is 1. The van der Waals surface area contributed by atoms with E-state index in [1.165, 1.54) is 0 Å². The van der Waals surface area contributed by atoms with Crippen molar-refractivity contribution in [2.75, 3.05) is 6.61 Å². The van der Waals surface area contributed by atoms with E-state index in [-0.39, 0.29) is 12.4 Å². The van der Waals surface area contributed by atoms with Gasteiger partial charge in [-0.05, 0) is 25.0 Å². The van der Waals surface area contributed by atoms with Gasteiger partial charge in [-0.3, -0.25) is 9.59 Å². The molecule has 24 heavy (non-hydrogen) atoms. The number of Topliss-reactive ketones (excluding diaryl/α,β-unsaturated/α-hetero) is 1. The second kappa shape index (κ2) is 8.12. The number of hydrogen-bond donors (Lipinski definition) is 0. The Bertz CT molecular complexity index is 756. The van der Waals surface area contributed by atoms with Gasteiger partial charge >= 0.3 is 5.97 Å². The minimum Gasteiger partial charge on any atom is -0.465 e. The van der Waals surface area contributed by atoms with Crippen molar-refractivity contribution in [3.63, 3.8) is 0 Å². The topological polar surface area (TPSA) is 43.4 Å². The van der Waals surface area contributed by atoms with Crippen molar-refractivity contribution >= 4 is 11.8 Å². The van der Waals surface area contributed by atoms with Crippen LogP contribution < -0.4 is 0 Å². The summed E-state index contributed by atoms with van der Waals surface area (Å²) in [5.41, 5.74) is 2.18. The van der Waals surface area contributed by atoms with E-state index in [2.05, 4.69) is 5.92 Å². The Hall–Kier alpha value is -2.86. The van der Waals surface area contributed by atoms with Crippen LogP contribution in [-0.4, -0.2) is 18.4 Å². The Labute approximate surface area is 142 Å². The fraction of sp³-hybridized carbons (Fsp3) is 0.238. The molecule has 0 saturated heterocycles. The summed E-state index contributed by atoms with van der Waals surface area (Å²) in [6, 6.07) is 16.2. The van der Waals surface area contributed by atoms with Crippen LogP contribution in [0, 0.1) is 25.2 Å². The molecule has 0 aromatic heterocycles. The van der Waals surface area contributed by atoms with Crippen LogP contribution in [0.4, 0.5) is 0 Å². The van der Waals surface area contributed by atoms with Crippen LogP contribution in [0.5, 0.6) is 0 Å². The number of carbonyl (C=O) groups is 2. The zero-order valence-corrected chi connectivity index (χ0v) is 13.9. The highest BCUT2D eigenvalue weighted by molar-refractivity contribution is 6.09. The summed E-state index contributed by atoms with van der Waals surface area (Å²) < 4.78 is 5.14. The molecular weight excluding hydrogens is 300 g/mol. The van der Waals surface area contributed by atoms with Gasteiger partial charge in [0.05, 0.1) is 12.5 Å². The normalized spacial score (nSPS) is 12.7. The van der Waals surface area contributed by atoms with E-state index in [0.717, 1.165) is 11.1 Å². The van der Waals surface area contributed by atoms with Crippen molar-refractivity contribution in [3.8, 4) is 12.3 Å². The number of rotatable bonds is 6.